The maximum atomic E-state index is 2.44. The van der Waals surface area contributed by atoms with Crippen LogP contribution in [0.5, 0.6) is 0 Å². The highest BCUT2D eigenvalue weighted by atomic mass is 32.2. The maximum Gasteiger partial charge on any atom is -0.00443 e. The van der Waals surface area contributed by atoms with Crippen LogP contribution in [-0.2, 0) is 0 Å². The lowest BCUT2D eigenvalue weighted by Crippen LogP contribution is -2.26. The molecule has 0 spiro atoms. The Hall–Kier alpha value is 0.350. The topological polar surface area (TPSA) is 0 Å². The minimum absolute atomic E-state index is 0.444. The Morgan fingerprint density at radius 2 is 1.44 bits per heavy atom. The second-order valence-corrected chi connectivity index (χ2v) is 8.31. The fourth-order valence-corrected chi connectivity index (χ4v) is 3.19. The lowest BCUT2D eigenvalue weighted by molar-refractivity contribution is 0.151. The molecule has 0 aliphatic heterocycles. The van der Waals surface area contributed by atoms with Crippen molar-refractivity contribution in [1.82, 2.24) is 0 Å². The van der Waals surface area contributed by atoms with E-state index in [0.29, 0.717) is 10.8 Å². The molecule has 0 heterocycles. The molecule has 0 saturated heterocycles. The van der Waals surface area contributed by atoms with Gasteiger partial charge in [0.1, 0.15) is 0 Å². The Labute approximate surface area is 108 Å². The molecule has 1 heteroatoms. The summed E-state index contributed by atoms with van der Waals surface area (Å²) in [5.41, 5.74) is 0.932. The van der Waals surface area contributed by atoms with Crippen LogP contribution in [0.1, 0.15) is 61.3 Å². The van der Waals surface area contributed by atoms with E-state index >= 15 is 0 Å². The van der Waals surface area contributed by atoms with E-state index in [-0.39, 0.29) is 0 Å². The van der Waals surface area contributed by atoms with E-state index in [1.165, 1.54) is 18.6 Å². The normalized spacial score (nSPS) is 17.2. The summed E-state index contributed by atoms with van der Waals surface area (Å²) in [6.45, 7) is 16.7. The van der Waals surface area contributed by atoms with E-state index in [9.17, 15) is 0 Å². The molecule has 98 valence electrons. The minimum Gasteiger partial charge on any atom is -0.165 e. The maximum absolute atomic E-state index is 2.44. The Morgan fingerprint density at radius 1 is 0.938 bits per heavy atom. The van der Waals surface area contributed by atoms with Gasteiger partial charge >= 0.3 is 0 Å². The average molecular weight is 244 g/mol. The third-order valence-corrected chi connectivity index (χ3v) is 4.59. The molecule has 0 aromatic heterocycles. The molecule has 0 aliphatic carbocycles. The molecular weight excluding hydrogens is 212 g/mol. The van der Waals surface area contributed by atoms with Crippen molar-refractivity contribution in [3.63, 3.8) is 0 Å². The highest BCUT2D eigenvalue weighted by Crippen LogP contribution is 2.39. The van der Waals surface area contributed by atoms with Crippen LogP contribution in [0.25, 0.3) is 0 Å². The monoisotopic (exact) mass is 244 g/mol. The van der Waals surface area contributed by atoms with Crippen molar-refractivity contribution in [3.8, 4) is 0 Å². The Morgan fingerprint density at radius 3 is 1.81 bits per heavy atom. The van der Waals surface area contributed by atoms with Crippen LogP contribution in [0.4, 0.5) is 0 Å². The van der Waals surface area contributed by atoms with E-state index in [0.717, 1.165) is 11.8 Å². The summed E-state index contributed by atoms with van der Waals surface area (Å²) in [7, 11) is 0. The zero-order valence-corrected chi connectivity index (χ0v) is 13.5. The van der Waals surface area contributed by atoms with Crippen molar-refractivity contribution in [3.05, 3.63) is 0 Å². The van der Waals surface area contributed by atoms with Crippen molar-refractivity contribution in [2.24, 2.45) is 22.7 Å². The molecule has 0 amide bonds. The largest absolute Gasteiger partial charge is 0.165 e. The summed E-state index contributed by atoms with van der Waals surface area (Å²) in [5.74, 6) is 2.94. The molecule has 0 aromatic carbocycles. The first-order chi connectivity index (χ1) is 7.08. The third-order valence-electron chi connectivity index (χ3n) is 3.69. The summed E-state index contributed by atoms with van der Waals surface area (Å²) in [6.07, 6.45) is 4.91. The number of hydrogen-bond acceptors (Lipinski definition) is 1. The molecule has 0 rings (SSSR count). The first-order valence-corrected chi connectivity index (χ1v) is 7.97. The molecule has 16 heavy (non-hydrogen) atoms. The minimum atomic E-state index is 0.444. The van der Waals surface area contributed by atoms with Gasteiger partial charge in [0.05, 0.1) is 0 Å². The third kappa shape index (κ3) is 6.83. The van der Waals surface area contributed by atoms with Gasteiger partial charge in [0, 0.05) is 0 Å². The van der Waals surface area contributed by atoms with Crippen molar-refractivity contribution in [2.45, 2.75) is 61.3 Å². The number of thioether (sulfide) groups is 1. The Kier molecular flexibility index (Phi) is 6.47. The molecule has 0 N–H and O–H groups in total. The fraction of sp³-hybridized carbons (Fsp3) is 1.00. The molecule has 0 fully saturated rings. The number of rotatable bonds is 6. The molecule has 0 nitrogen and oxygen atoms in total. The zero-order chi connectivity index (χ0) is 13.0. The molecule has 0 aliphatic rings. The van der Waals surface area contributed by atoms with Crippen molar-refractivity contribution in [1.29, 1.82) is 0 Å². The van der Waals surface area contributed by atoms with Gasteiger partial charge in [0.15, 0.2) is 0 Å². The Bertz CT molecular complexity index is 188. The predicted molar refractivity (Wildman–Crippen MR) is 79.2 cm³/mol. The SMILES string of the molecule is CSCC(C)CC(C)(C)CC(C)C(C)(C)C. The van der Waals surface area contributed by atoms with Crippen molar-refractivity contribution >= 4 is 11.8 Å². The van der Waals surface area contributed by atoms with Gasteiger partial charge in [0.25, 0.3) is 0 Å². The standard InChI is InChI=1S/C15H32S/c1-12(11-16-8)9-15(6,7)10-13(2)14(3,4)5/h12-13H,9-11H2,1-8H3. The van der Waals surface area contributed by atoms with E-state index in [4.69, 9.17) is 0 Å². The van der Waals surface area contributed by atoms with Gasteiger partial charge in [-0.1, -0.05) is 48.5 Å². The molecule has 0 saturated carbocycles. The zero-order valence-electron chi connectivity index (χ0n) is 12.7. The summed E-state index contributed by atoms with van der Waals surface area (Å²) in [4.78, 5) is 0. The summed E-state index contributed by atoms with van der Waals surface area (Å²) >= 11 is 1.97. The van der Waals surface area contributed by atoms with Crippen LogP contribution in [0.3, 0.4) is 0 Å². The van der Waals surface area contributed by atoms with Gasteiger partial charge in [-0.15, -0.1) is 0 Å². The summed E-state index contributed by atoms with van der Waals surface area (Å²) in [5, 5.41) is 0. The van der Waals surface area contributed by atoms with Crippen LogP contribution in [0, 0.1) is 22.7 Å². The van der Waals surface area contributed by atoms with Gasteiger partial charge in [-0.25, -0.2) is 0 Å². The summed E-state index contributed by atoms with van der Waals surface area (Å²) in [6, 6.07) is 0. The number of hydrogen-bond donors (Lipinski definition) is 0. The van der Waals surface area contributed by atoms with E-state index in [1.54, 1.807) is 0 Å². The van der Waals surface area contributed by atoms with Crippen LogP contribution in [0.2, 0.25) is 0 Å². The van der Waals surface area contributed by atoms with Gasteiger partial charge in [0.2, 0.25) is 0 Å². The molecular formula is C15H32S. The lowest BCUT2D eigenvalue weighted by Gasteiger charge is -2.36. The molecule has 0 bridgehead atoms. The molecule has 2 atom stereocenters. The van der Waals surface area contributed by atoms with Crippen LogP contribution >= 0.6 is 11.8 Å². The first-order valence-electron chi connectivity index (χ1n) is 6.57. The fourth-order valence-electron chi connectivity index (χ4n) is 2.51. The molecule has 0 aromatic rings. The van der Waals surface area contributed by atoms with Crippen molar-refractivity contribution < 1.29 is 0 Å². The van der Waals surface area contributed by atoms with Crippen LogP contribution in [0.15, 0.2) is 0 Å². The quantitative estimate of drug-likeness (QED) is 0.596. The summed E-state index contributed by atoms with van der Waals surface area (Å²) < 4.78 is 0. The van der Waals surface area contributed by atoms with Gasteiger partial charge in [-0.05, 0) is 47.5 Å². The van der Waals surface area contributed by atoms with E-state index in [2.05, 4.69) is 54.7 Å². The smallest absolute Gasteiger partial charge is 0.00443 e. The van der Waals surface area contributed by atoms with Crippen molar-refractivity contribution in [2.75, 3.05) is 12.0 Å². The second kappa shape index (κ2) is 6.33. The highest BCUT2D eigenvalue weighted by molar-refractivity contribution is 7.98. The molecule has 2 unspecified atom stereocenters. The van der Waals surface area contributed by atoms with E-state index < -0.39 is 0 Å². The van der Waals surface area contributed by atoms with Crippen LogP contribution in [-0.4, -0.2) is 12.0 Å². The van der Waals surface area contributed by atoms with Crippen LogP contribution < -0.4 is 0 Å². The van der Waals surface area contributed by atoms with E-state index in [1.807, 2.05) is 11.8 Å². The Balaban J connectivity index is 4.23. The second-order valence-electron chi connectivity index (χ2n) is 7.40. The van der Waals surface area contributed by atoms with Gasteiger partial charge in [-0.3, -0.25) is 0 Å². The average Bonchev–Trinajstić information content (AvgIpc) is 1.99. The highest BCUT2D eigenvalue weighted by Gasteiger charge is 2.28. The van der Waals surface area contributed by atoms with Gasteiger partial charge in [-0.2, -0.15) is 11.8 Å². The lowest BCUT2D eigenvalue weighted by atomic mass is 9.70. The predicted octanol–water partition coefficient (Wildman–Crippen LogP) is 5.47. The van der Waals surface area contributed by atoms with Gasteiger partial charge < -0.3 is 0 Å². The molecule has 0 radical (unpaired) electrons. The first kappa shape index (κ1) is 16.4.